The molecule has 30 bridgehead atoms. The van der Waals surface area contributed by atoms with Crippen LogP contribution in [0, 0.1) is 0 Å². The molecule has 21 rings (SSSR count). The maximum absolute atomic E-state index is 12.3. The van der Waals surface area contributed by atoms with E-state index in [0.29, 0.717) is 172 Å². The number of aromatic hydroxyl groups is 12. The number of rotatable bonds is 0. The van der Waals surface area contributed by atoms with E-state index in [0.717, 1.165) is 33.4 Å². The highest BCUT2D eigenvalue weighted by Gasteiger charge is 2.26. The number of para-hydroxylation sites is 6. The molecule has 12 heteroatoms. The molecule has 12 aromatic rings. The molecule has 0 aliphatic heterocycles. The Hall–Kier alpha value is -12.5. The normalized spacial score (nSPS) is 15.2. The maximum atomic E-state index is 12.3. The second kappa shape index (κ2) is 29.4. The molecule has 540 valence electrons. The van der Waals surface area contributed by atoms with E-state index in [1.54, 1.807) is 0 Å². The first-order chi connectivity index (χ1) is 52.4. The van der Waals surface area contributed by atoms with Gasteiger partial charge in [0, 0.05) is 77.0 Å². The number of allylic oxidation sites excluding steroid dienone is 6. The van der Waals surface area contributed by atoms with Crippen molar-refractivity contribution in [3.8, 4) is 69.0 Å². The van der Waals surface area contributed by atoms with E-state index in [2.05, 4.69) is 36.5 Å². The third kappa shape index (κ3) is 14.3. The summed E-state index contributed by atoms with van der Waals surface area (Å²) in [4.78, 5) is 0. The molecule has 12 N–H and O–H groups in total. The third-order valence-corrected chi connectivity index (χ3v) is 22.4. The summed E-state index contributed by atoms with van der Waals surface area (Å²) in [6.45, 7) is 0. The first-order valence-electron chi connectivity index (χ1n) is 37.1. The Morgan fingerprint density at radius 2 is 0.222 bits per heavy atom. The van der Waals surface area contributed by atoms with E-state index in [1.807, 2.05) is 182 Å². The van der Waals surface area contributed by atoms with Crippen molar-refractivity contribution in [1.29, 1.82) is 0 Å². The molecule has 12 nitrogen and oxygen atoms in total. The minimum Gasteiger partial charge on any atom is -0.507 e. The lowest BCUT2D eigenvalue weighted by Gasteiger charge is -2.18. The van der Waals surface area contributed by atoms with Gasteiger partial charge in [-0.05, 0) is 205 Å². The van der Waals surface area contributed by atoms with Gasteiger partial charge in [-0.25, -0.2) is 0 Å². The summed E-state index contributed by atoms with van der Waals surface area (Å²) >= 11 is 0. The highest BCUT2D eigenvalue weighted by molar-refractivity contribution is 5.62. The third-order valence-electron chi connectivity index (χ3n) is 22.4. The summed E-state index contributed by atoms with van der Waals surface area (Å²) in [7, 11) is 0. The first-order valence-corrected chi connectivity index (χ1v) is 37.1. The second-order valence-corrected chi connectivity index (χ2v) is 29.9. The van der Waals surface area contributed by atoms with E-state index in [1.165, 1.54) is 0 Å². The van der Waals surface area contributed by atoms with Crippen LogP contribution in [0.1, 0.15) is 167 Å². The zero-order valence-electron chi connectivity index (χ0n) is 59.9. The molecule has 0 amide bonds. The van der Waals surface area contributed by atoms with E-state index >= 15 is 0 Å². The van der Waals surface area contributed by atoms with Crippen molar-refractivity contribution in [2.24, 2.45) is 0 Å². The molecule has 0 unspecified atom stereocenters. The van der Waals surface area contributed by atoms with Crippen LogP contribution in [0.5, 0.6) is 69.0 Å². The standard InChI is InChI=1S/C96H84O12/c97-85-61-19-7-23-65(85)47-77-35-57-15-3-4-17-59-39-81-51-69-27-11-29-71(89(69)101)53-83-41-60(42-84(96(83)108)54-72-30-12-28-70(90(72)102)52-82(40-59)95(81)107)18-6-5-16-58-37-79-49-67-25-9-21-63(87(67)99)45-75-33-56(34-76(92(75)104)46-64-22-10-26-68(88(64)100)50-80(38-58)94(79)106)14-2-1-13-55-31-73(43-61)91(103)74(32-55)44-62-20-8-24-66(86(62)98)48-78(36-57)93(77)105/h1-12,19-42,97-108H,13-18,43-54H2/b2-1-,4-3-,6-5-. The predicted molar refractivity (Wildman–Crippen MR) is 421 cm³/mol. The smallest absolute Gasteiger partial charge is 0.122 e. The Labute approximate surface area is 627 Å². The van der Waals surface area contributed by atoms with Crippen molar-refractivity contribution in [3.63, 3.8) is 0 Å². The van der Waals surface area contributed by atoms with Crippen molar-refractivity contribution in [2.75, 3.05) is 0 Å². The van der Waals surface area contributed by atoms with Gasteiger partial charge in [0.2, 0.25) is 0 Å². The van der Waals surface area contributed by atoms with E-state index in [9.17, 15) is 61.3 Å². The highest BCUT2D eigenvalue weighted by Crippen LogP contribution is 2.44. The average molecular weight is 1430 g/mol. The Morgan fingerprint density at radius 1 is 0.130 bits per heavy atom. The van der Waals surface area contributed by atoms with Gasteiger partial charge >= 0.3 is 0 Å². The van der Waals surface area contributed by atoms with Gasteiger partial charge in [-0.15, -0.1) is 0 Å². The Morgan fingerprint density at radius 3 is 0.324 bits per heavy atom. The fraction of sp³-hybridized carbons (Fsp3) is 0.188. The summed E-state index contributed by atoms with van der Waals surface area (Å²) in [5.74, 6) is 0.630. The maximum Gasteiger partial charge on any atom is 0.122 e. The number of hydrogen-bond donors (Lipinski definition) is 12. The van der Waals surface area contributed by atoms with Crippen LogP contribution in [0.4, 0.5) is 0 Å². The van der Waals surface area contributed by atoms with Crippen LogP contribution < -0.4 is 0 Å². The minimum atomic E-state index is 0.0481. The summed E-state index contributed by atoms with van der Waals surface area (Å²) in [6.07, 6.45) is 17.2. The molecule has 0 spiro atoms. The summed E-state index contributed by atoms with van der Waals surface area (Å²) in [5.41, 5.74) is 19.3. The van der Waals surface area contributed by atoms with E-state index in [4.69, 9.17) is 0 Å². The summed E-state index contributed by atoms with van der Waals surface area (Å²) < 4.78 is 0. The topological polar surface area (TPSA) is 243 Å². The summed E-state index contributed by atoms with van der Waals surface area (Å²) in [6, 6.07) is 56.8. The van der Waals surface area contributed by atoms with Crippen LogP contribution in [0.3, 0.4) is 0 Å². The van der Waals surface area contributed by atoms with Gasteiger partial charge in [0.05, 0.1) is 0 Å². The molecule has 108 heavy (non-hydrogen) atoms. The highest BCUT2D eigenvalue weighted by atomic mass is 16.3. The molecule has 0 saturated carbocycles. The lowest BCUT2D eigenvalue weighted by Crippen LogP contribution is -2.03. The largest absolute Gasteiger partial charge is 0.507 e. The number of hydrogen-bond acceptors (Lipinski definition) is 12. The van der Waals surface area contributed by atoms with Crippen molar-refractivity contribution < 1.29 is 61.3 Å². The monoisotopic (exact) mass is 1430 g/mol. The Bertz CT molecular complexity index is 4520. The van der Waals surface area contributed by atoms with E-state index in [-0.39, 0.29) is 146 Å². The van der Waals surface area contributed by atoms with Crippen LogP contribution in [0.2, 0.25) is 0 Å². The summed E-state index contributed by atoms with van der Waals surface area (Å²) in [5, 5.41) is 147. The fourth-order valence-electron chi connectivity index (χ4n) is 16.7. The molecular formula is C96H84O12. The molecule has 0 saturated heterocycles. The Balaban J connectivity index is 0.824. The van der Waals surface area contributed by atoms with Gasteiger partial charge in [-0.3, -0.25) is 0 Å². The van der Waals surface area contributed by atoms with Gasteiger partial charge in [0.25, 0.3) is 0 Å². The molecule has 0 heterocycles. The van der Waals surface area contributed by atoms with Crippen molar-refractivity contribution >= 4 is 0 Å². The van der Waals surface area contributed by atoms with E-state index < -0.39 is 0 Å². The average Bonchev–Trinajstić information content (AvgIpc) is 0.791. The minimum absolute atomic E-state index is 0.0481. The van der Waals surface area contributed by atoms with Gasteiger partial charge in [0.1, 0.15) is 69.0 Å². The first kappa shape index (κ1) is 69.8. The fourth-order valence-corrected chi connectivity index (χ4v) is 16.7. The molecule has 0 fully saturated rings. The molecule has 0 radical (unpaired) electrons. The molecule has 9 aliphatic rings. The lowest BCUT2D eigenvalue weighted by atomic mass is 9.89. The van der Waals surface area contributed by atoms with Crippen LogP contribution in [0.15, 0.2) is 218 Å². The Kier molecular flexibility index (Phi) is 19.0. The molecule has 12 aromatic carbocycles. The van der Waals surface area contributed by atoms with Gasteiger partial charge in [0.15, 0.2) is 0 Å². The molecule has 0 aromatic heterocycles. The van der Waals surface area contributed by atoms with Crippen molar-refractivity contribution in [2.45, 2.75) is 116 Å². The van der Waals surface area contributed by atoms with Crippen molar-refractivity contribution in [1.82, 2.24) is 0 Å². The zero-order valence-corrected chi connectivity index (χ0v) is 59.9. The second-order valence-electron chi connectivity index (χ2n) is 29.9. The number of phenolic OH excluding ortho intramolecular Hbond substituents is 12. The molecular weight excluding hydrogens is 1350 g/mol. The quantitative estimate of drug-likeness (QED) is 0.0635. The van der Waals surface area contributed by atoms with Gasteiger partial charge < -0.3 is 61.3 Å². The zero-order chi connectivity index (χ0) is 74.4. The van der Waals surface area contributed by atoms with Crippen LogP contribution in [-0.2, 0) is 116 Å². The van der Waals surface area contributed by atoms with Gasteiger partial charge in [-0.2, -0.15) is 0 Å². The van der Waals surface area contributed by atoms with Crippen molar-refractivity contribution in [3.05, 3.63) is 385 Å². The number of benzene rings is 12. The lowest BCUT2D eigenvalue weighted by molar-refractivity contribution is 0.448. The SMILES string of the molecule is Oc1c2cccc1Cc1cc3cc(c1O)Cc1cccc(c1O)Cc1cc(cc(c1O)C2)C/C=C\Cc1cc2c(O)c(c1)Cc1cccc(c1O)Cc1cc(cc(c1O)Cc1cccc(c1O)C2)C/C=C\Cc1cc2c(O)c(c1)Cc1cccc(c1O)Cc1cc(cc(c1O)Cc1cccc(c1O)C2)C/C=C\C3. The van der Waals surface area contributed by atoms with Gasteiger partial charge in [-0.1, -0.05) is 218 Å². The number of phenols is 12. The van der Waals surface area contributed by atoms with Crippen LogP contribution in [0.25, 0.3) is 0 Å². The molecule has 9 aliphatic carbocycles. The van der Waals surface area contributed by atoms with Crippen LogP contribution >= 0.6 is 0 Å². The predicted octanol–water partition coefficient (Wildman–Crippen LogP) is 17.5. The molecule has 0 atom stereocenters. The van der Waals surface area contributed by atoms with Crippen LogP contribution in [-0.4, -0.2) is 61.3 Å².